The minimum atomic E-state index is -0.385. The summed E-state index contributed by atoms with van der Waals surface area (Å²) in [5.41, 5.74) is 4.34. The molecule has 1 aromatic carbocycles. The average Bonchev–Trinajstić information content (AvgIpc) is 3.34. The number of rotatable bonds is 4. The molecule has 1 atom stereocenters. The molecule has 0 bridgehead atoms. The quantitative estimate of drug-likeness (QED) is 0.792. The van der Waals surface area contributed by atoms with Gasteiger partial charge in [0.1, 0.15) is 6.04 Å². The number of carbonyl (C=O) groups is 1. The third kappa shape index (κ3) is 2.83. The Morgan fingerprint density at radius 3 is 3.08 bits per heavy atom. The van der Waals surface area contributed by atoms with Crippen LogP contribution >= 0.6 is 11.3 Å². The van der Waals surface area contributed by atoms with Gasteiger partial charge in [-0.3, -0.25) is 9.48 Å². The van der Waals surface area contributed by atoms with E-state index in [1.54, 1.807) is 30.1 Å². The molecule has 1 aliphatic heterocycles. The number of benzene rings is 1. The Balaban J connectivity index is 1.50. The molecule has 0 aliphatic carbocycles. The molecule has 1 amide bonds. The van der Waals surface area contributed by atoms with Gasteiger partial charge >= 0.3 is 0 Å². The van der Waals surface area contributed by atoms with Crippen LogP contribution in [-0.2, 0) is 22.7 Å². The van der Waals surface area contributed by atoms with Crippen LogP contribution in [0.15, 0.2) is 42.0 Å². The van der Waals surface area contributed by atoms with E-state index in [9.17, 15) is 4.79 Å². The standard InChI is InChI=1S/C17H16N4O2S/c1-11(21-6-2-5-18-21)16(22)20-17-19-15(10-24-17)12-3-4-13-8-23-9-14(13)7-12/h2-7,10-11H,8-9H2,1H3,(H,19,20,22). The summed E-state index contributed by atoms with van der Waals surface area (Å²) >= 11 is 1.42. The minimum absolute atomic E-state index is 0.137. The molecule has 24 heavy (non-hydrogen) atoms. The van der Waals surface area contributed by atoms with E-state index in [2.05, 4.69) is 27.5 Å². The Hall–Kier alpha value is -2.51. The Labute approximate surface area is 143 Å². The van der Waals surface area contributed by atoms with E-state index in [4.69, 9.17) is 4.74 Å². The first-order valence-electron chi connectivity index (χ1n) is 7.66. The number of fused-ring (bicyclic) bond motifs is 1. The van der Waals surface area contributed by atoms with Crippen LogP contribution in [0.5, 0.6) is 0 Å². The lowest BCUT2D eigenvalue weighted by atomic mass is 10.1. The highest BCUT2D eigenvalue weighted by Crippen LogP contribution is 2.29. The van der Waals surface area contributed by atoms with Gasteiger partial charge in [0.2, 0.25) is 0 Å². The Morgan fingerprint density at radius 1 is 1.38 bits per heavy atom. The fourth-order valence-electron chi connectivity index (χ4n) is 2.63. The van der Waals surface area contributed by atoms with Crippen molar-refractivity contribution < 1.29 is 9.53 Å². The number of nitrogens with one attached hydrogen (secondary N) is 1. The number of hydrogen-bond acceptors (Lipinski definition) is 5. The molecular weight excluding hydrogens is 324 g/mol. The maximum atomic E-state index is 12.3. The molecule has 0 fully saturated rings. The number of amides is 1. The number of ether oxygens (including phenoxy) is 1. The first-order chi connectivity index (χ1) is 11.7. The van der Waals surface area contributed by atoms with Crippen LogP contribution in [0.4, 0.5) is 5.13 Å². The van der Waals surface area contributed by atoms with Crippen LogP contribution in [0.25, 0.3) is 11.3 Å². The summed E-state index contributed by atoms with van der Waals surface area (Å²) in [5, 5.41) is 9.49. The van der Waals surface area contributed by atoms with Crippen LogP contribution in [0.3, 0.4) is 0 Å². The molecule has 3 heterocycles. The molecule has 4 rings (SSSR count). The highest BCUT2D eigenvalue weighted by Gasteiger charge is 2.17. The summed E-state index contributed by atoms with van der Waals surface area (Å²) in [6, 6.07) is 7.64. The lowest BCUT2D eigenvalue weighted by Gasteiger charge is -2.10. The van der Waals surface area contributed by atoms with Crippen LogP contribution in [0, 0.1) is 0 Å². The van der Waals surface area contributed by atoms with Gasteiger partial charge in [0, 0.05) is 23.3 Å². The first kappa shape index (κ1) is 15.0. The zero-order chi connectivity index (χ0) is 16.5. The maximum absolute atomic E-state index is 12.3. The van der Waals surface area contributed by atoms with E-state index in [1.165, 1.54) is 22.5 Å². The highest BCUT2D eigenvalue weighted by atomic mass is 32.1. The van der Waals surface area contributed by atoms with Gasteiger partial charge in [-0.25, -0.2) is 4.98 Å². The Kier molecular flexibility index (Phi) is 3.87. The van der Waals surface area contributed by atoms with Crippen molar-refractivity contribution in [1.29, 1.82) is 0 Å². The highest BCUT2D eigenvalue weighted by molar-refractivity contribution is 7.14. The van der Waals surface area contributed by atoms with E-state index in [1.807, 2.05) is 11.4 Å². The van der Waals surface area contributed by atoms with Gasteiger partial charge < -0.3 is 10.1 Å². The monoisotopic (exact) mass is 340 g/mol. The molecule has 1 unspecified atom stereocenters. The van der Waals surface area contributed by atoms with Crippen molar-refractivity contribution in [1.82, 2.24) is 14.8 Å². The number of anilines is 1. The van der Waals surface area contributed by atoms with Gasteiger partial charge in [0.25, 0.3) is 5.91 Å². The van der Waals surface area contributed by atoms with Gasteiger partial charge in [-0.05, 0) is 30.2 Å². The SMILES string of the molecule is CC(C(=O)Nc1nc(-c2ccc3c(c2)COC3)cs1)n1cccn1. The predicted octanol–water partition coefficient (Wildman–Crippen LogP) is 3.24. The third-order valence-corrected chi connectivity index (χ3v) is 4.81. The van der Waals surface area contributed by atoms with Crippen LogP contribution in [0.1, 0.15) is 24.1 Å². The fourth-order valence-corrected chi connectivity index (χ4v) is 3.36. The largest absolute Gasteiger partial charge is 0.372 e. The lowest BCUT2D eigenvalue weighted by molar-refractivity contribution is -0.119. The summed E-state index contributed by atoms with van der Waals surface area (Å²) in [7, 11) is 0. The molecular formula is C17H16N4O2S. The van der Waals surface area contributed by atoms with Crippen molar-refractivity contribution in [3.8, 4) is 11.3 Å². The summed E-state index contributed by atoms with van der Waals surface area (Å²) in [6.07, 6.45) is 3.42. The molecule has 0 saturated heterocycles. The second kappa shape index (κ2) is 6.18. The Morgan fingerprint density at radius 2 is 2.25 bits per heavy atom. The van der Waals surface area contributed by atoms with Crippen molar-refractivity contribution in [3.05, 3.63) is 53.2 Å². The van der Waals surface area contributed by atoms with E-state index in [-0.39, 0.29) is 11.9 Å². The molecule has 3 aromatic rings. The molecule has 0 radical (unpaired) electrons. The van der Waals surface area contributed by atoms with Gasteiger partial charge in [-0.2, -0.15) is 5.10 Å². The van der Waals surface area contributed by atoms with E-state index in [0.717, 1.165) is 11.3 Å². The topological polar surface area (TPSA) is 69.0 Å². The molecule has 0 saturated carbocycles. The smallest absolute Gasteiger partial charge is 0.250 e. The van der Waals surface area contributed by atoms with E-state index < -0.39 is 0 Å². The number of thiazole rings is 1. The fraction of sp³-hybridized carbons (Fsp3) is 0.235. The summed E-state index contributed by atoms with van der Waals surface area (Å²) < 4.78 is 7.06. The zero-order valence-corrected chi connectivity index (χ0v) is 13.9. The zero-order valence-electron chi connectivity index (χ0n) is 13.1. The first-order valence-corrected chi connectivity index (χ1v) is 8.54. The molecule has 2 aromatic heterocycles. The van der Waals surface area contributed by atoms with Crippen molar-refractivity contribution in [3.63, 3.8) is 0 Å². The van der Waals surface area contributed by atoms with Crippen molar-refractivity contribution >= 4 is 22.4 Å². The molecule has 1 aliphatic rings. The predicted molar refractivity (Wildman–Crippen MR) is 91.6 cm³/mol. The van der Waals surface area contributed by atoms with Gasteiger partial charge in [-0.15, -0.1) is 11.3 Å². The third-order valence-electron chi connectivity index (χ3n) is 4.05. The van der Waals surface area contributed by atoms with Crippen LogP contribution in [-0.4, -0.2) is 20.7 Å². The number of nitrogens with zero attached hydrogens (tertiary/aromatic N) is 3. The molecule has 7 heteroatoms. The molecule has 6 nitrogen and oxygen atoms in total. The summed E-state index contributed by atoms with van der Waals surface area (Å²) in [4.78, 5) is 16.8. The maximum Gasteiger partial charge on any atom is 0.250 e. The number of hydrogen-bond donors (Lipinski definition) is 1. The van der Waals surface area contributed by atoms with Crippen LogP contribution < -0.4 is 5.32 Å². The minimum Gasteiger partial charge on any atom is -0.372 e. The number of carbonyl (C=O) groups excluding carboxylic acids is 1. The molecule has 0 spiro atoms. The molecule has 1 N–H and O–H groups in total. The number of aromatic nitrogens is 3. The Bertz CT molecular complexity index is 873. The second-order valence-corrected chi connectivity index (χ2v) is 6.52. The van der Waals surface area contributed by atoms with Crippen molar-refractivity contribution in [2.75, 3.05) is 5.32 Å². The van der Waals surface area contributed by atoms with E-state index >= 15 is 0 Å². The van der Waals surface area contributed by atoms with Gasteiger partial charge in [-0.1, -0.05) is 12.1 Å². The van der Waals surface area contributed by atoms with Crippen molar-refractivity contribution in [2.45, 2.75) is 26.2 Å². The van der Waals surface area contributed by atoms with Gasteiger partial charge in [0.15, 0.2) is 5.13 Å². The van der Waals surface area contributed by atoms with E-state index in [0.29, 0.717) is 18.3 Å². The summed E-state index contributed by atoms with van der Waals surface area (Å²) in [5.74, 6) is -0.137. The lowest BCUT2D eigenvalue weighted by Crippen LogP contribution is -2.23. The van der Waals surface area contributed by atoms with Crippen LogP contribution in [0.2, 0.25) is 0 Å². The molecule has 122 valence electrons. The van der Waals surface area contributed by atoms with Gasteiger partial charge in [0.05, 0.1) is 18.9 Å². The second-order valence-electron chi connectivity index (χ2n) is 5.67. The van der Waals surface area contributed by atoms with Crippen molar-refractivity contribution in [2.24, 2.45) is 0 Å². The normalized spacial score (nSPS) is 14.4. The summed E-state index contributed by atoms with van der Waals surface area (Å²) in [6.45, 7) is 3.13. The average molecular weight is 340 g/mol.